The zero-order chi connectivity index (χ0) is 15.5. The summed E-state index contributed by atoms with van der Waals surface area (Å²) in [6, 6.07) is 10.3. The van der Waals surface area contributed by atoms with Crippen molar-refractivity contribution in [1.29, 1.82) is 0 Å². The van der Waals surface area contributed by atoms with Crippen LogP contribution in [0.3, 0.4) is 0 Å². The maximum Gasteiger partial charge on any atom is 0.272 e. The molecule has 0 bridgehead atoms. The van der Waals surface area contributed by atoms with Crippen LogP contribution in [0, 0.1) is 0 Å². The Kier molecular flexibility index (Phi) is 4.39. The summed E-state index contributed by atoms with van der Waals surface area (Å²) in [4.78, 5) is 13.4. The first kappa shape index (κ1) is 15.0. The molecule has 1 heterocycles. The fraction of sp³-hybridized carbons (Fsp3) is 0.333. The molecule has 22 heavy (non-hydrogen) atoms. The number of hydrazone groups is 1. The molecule has 0 radical (unpaired) electrons. The first-order valence-corrected chi connectivity index (χ1v) is 8.56. The average molecular weight is 312 g/mol. The van der Waals surface area contributed by atoms with Crippen molar-refractivity contribution in [2.45, 2.75) is 39.0 Å². The molecule has 0 saturated carbocycles. The Bertz CT molecular complexity index is 715. The van der Waals surface area contributed by atoms with Gasteiger partial charge in [-0.2, -0.15) is 5.10 Å². The van der Waals surface area contributed by atoms with Gasteiger partial charge in [0.2, 0.25) is 0 Å². The van der Waals surface area contributed by atoms with Crippen LogP contribution in [-0.4, -0.2) is 11.6 Å². The Balaban J connectivity index is 1.75. The van der Waals surface area contributed by atoms with E-state index in [4.69, 9.17) is 0 Å². The van der Waals surface area contributed by atoms with Crippen LogP contribution in [0.1, 0.15) is 59.0 Å². The number of amides is 1. The molecule has 3 nitrogen and oxygen atoms in total. The number of fused-ring (bicyclic) bond motifs is 1. The minimum atomic E-state index is -0.126. The summed E-state index contributed by atoms with van der Waals surface area (Å²) in [5, 5.41) is 6.28. The van der Waals surface area contributed by atoms with Crippen LogP contribution in [0.25, 0.3) is 0 Å². The van der Waals surface area contributed by atoms with Crippen LogP contribution in [-0.2, 0) is 6.42 Å². The van der Waals surface area contributed by atoms with E-state index in [2.05, 4.69) is 42.6 Å². The summed E-state index contributed by atoms with van der Waals surface area (Å²) < 4.78 is 0. The van der Waals surface area contributed by atoms with Crippen LogP contribution in [0.5, 0.6) is 0 Å². The van der Waals surface area contributed by atoms with Crippen molar-refractivity contribution in [2.75, 3.05) is 0 Å². The van der Waals surface area contributed by atoms with E-state index in [0.29, 0.717) is 11.5 Å². The molecule has 0 unspecified atom stereocenters. The first-order chi connectivity index (χ1) is 10.6. The SMILES string of the molecule is CC(C)c1cc(C(=O)N/N=C2/CCCc3ccccc32)cs1. The number of nitrogens with one attached hydrogen (secondary N) is 1. The number of carbonyl (C=O) groups is 1. The summed E-state index contributed by atoms with van der Waals surface area (Å²) in [6.07, 6.45) is 3.09. The smallest absolute Gasteiger partial charge is 0.267 e. The summed E-state index contributed by atoms with van der Waals surface area (Å²) in [5.74, 6) is 0.321. The molecule has 1 aliphatic rings. The quantitative estimate of drug-likeness (QED) is 0.842. The number of aryl methyl sites for hydroxylation is 1. The molecule has 2 aromatic rings. The van der Waals surface area contributed by atoms with Gasteiger partial charge in [-0.15, -0.1) is 11.3 Å². The summed E-state index contributed by atoms with van der Waals surface area (Å²) in [6.45, 7) is 4.26. The Morgan fingerprint density at radius 3 is 2.86 bits per heavy atom. The summed E-state index contributed by atoms with van der Waals surface area (Å²) in [5.41, 5.74) is 6.88. The van der Waals surface area contributed by atoms with Crippen LogP contribution in [0.2, 0.25) is 0 Å². The molecule has 0 fully saturated rings. The van der Waals surface area contributed by atoms with Gasteiger partial charge in [-0.3, -0.25) is 4.79 Å². The van der Waals surface area contributed by atoms with E-state index in [1.807, 2.05) is 17.5 Å². The molecule has 1 N–H and O–H groups in total. The Morgan fingerprint density at radius 2 is 2.09 bits per heavy atom. The first-order valence-electron chi connectivity index (χ1n) is 7.69. The second-order valence-corrected chi connectivity index (χ2v) is 6.85. The van der Waals surface area contributed by atoms with E-state index in [-0.39, 0.29) is 5.91 Å². The Hall–Kier alpha value is -1.94. The predicted molar refractivity (Wildman–Crippen MR) is 91.8 cm³/mol. The van der Waals surface area contributed by atoms with Gasteiger partial charge in [0, 0.05) is 15.8 Å². The fourth-order valence-electron chi connectivity index (χ4n) is 2.67. The van der Waals surface area contributed by atoms with E-state index in [9.17, 15) is 4.79 Å². The molecule has 3 rings (SSSR count). The standard InChI is InChI=1S/C18H20N2OS/c1-12(2)17-10-14(11-22-17)18(21)20-19-16-9-5-7-13-6-3-4-8-15(13)16/h3-4,6,8,10-12H,5,7,9H2,1-2H3,(H,20,21)/b19-16-. The normalized spacial score (nSPS) is 15.9. The monoisotopic (exact) mass is 312 g/mol. The van der Waals surface area contributed by atoms with Crippen LogP contribution < -0.4 is 5.43 Å². The highest BCUT2D eigenvalue weighted by molar-refractivity contribution is 7.10. The van der Waals surface area contributed by atoms with Gasteiger partial charge >= 0.3 is 0 Å². The van der Waals surface area contributed by atoms with E-state index in [0.717, 1.165) is 25.0 Å². The number of hydrogen-bond donors (Lipinski definition) is 1. The average Bonchev–Trinajstić information content (AvgIpc) is 3.03. The minimum absolute atomic E-state index is 0.126. The lowest BCUT2D eigenvalue weighted by molar-refractivity contribution is 0.0955. The zero-order valence-electron chi connectivity index (χ0n) is 12.9. The van der Waals surface area contributed by atoms with Crippen molar-refractivity contribution in [3.05, 3.63) is 57.3 Å². The third-order valence-corrected chi connectivity index (χ3v) is 5.16. The van der Waals surface area contributed by atoms with Gasteiger partial charge in [-0.1, -0.05) is 38.1 Å². The highest BCUT2D eigenvalue weighted by atomic mass is 32.1. The van der Waals surface area contributed by atoms with E-state index < -0.39 is 0 Å². The molecule has 1 amide bonds. The number of benzene rings is 1. The number of carbonyl (C=O) groups excluding carboxylic acids is 1. The van der Waals surface area contributed by atoms with Gasteiger partial charge in [0.25, 0.3) is 5.91 Å². The van der Waals surface area contributed by atoms with Crippen LogP contribution >= 0.6 is 11.3 Å². The van der Waals surface area contributed by atoms with E-state index in [1.54, 1.807) is 11.3 Å². The summed E-state index contributed by atoms with van der Waals surface area (Å²) in [7, 11) is 0. The number of hydrogen-bond acceptors (Lipinski definition) is 3. The predicted octanol–water partition coefficient (Wildman–Crippen LogP) is 4.34. The van der Waals surface area contributed by atoms with E-state index in [1.165, 1.54) is 16.0 Å². The number of rotatable bonds is 3. The molecule has 1 aromatic heterocycles. The second-order valence-electron chi connectivity index (χ2n) is 5.90. The highest BCUT2D eigenvalue weighted by Gasteiger charge is 2.16. The number of thiophene rings is 1. The van der Waals surface area contributed by atoms with Gasteiger partial charge in [0.05, 0.1) is 11.3 Å². The third-order valence-electron chi connectivity index (χ3n) is 3.93. The van der Waals surface area contributed by atoms with Crippen molar-refractivity contribution in [3.8, 4) is 0 Å². The lowest BCUT2D eigenvalue weighted by atomic mass is 9.90. The van der Waals surface area contributed by atoms with Gasteiger partial charge in [-0.25, -0.2) is 5.43 Å². The largest absolute Gasteiger partial charge is 0.272 e. The van der Waals surface area contributed by atoms with Crippen LogP contribution in [0.4, 0.5) is 0 Å². The Labute approximate surface area is 135 Å². The highest BCUT2D eigenvalue weighted by Crippen LogP contribution is 2.23. The lowest BCUT2D eigenvalue weighted by Crippen LogP contribution is -2.21. The van der Waals surface area contributed by atoms with E-state index >= 15 is 0 Å². The molecule has 0 atom stereocenters. The molecule has 0 spiro atoms. The van der Waals surface area contributed by atoms with Gasteiger partial charge < -0.3 is 0 Å². The number of nitrogens with zero attached hydrogens (tertiary/aromatic N) is 1. The maximum atomic E-state index is 12.2. The van der Waals surface area contributed by atoms with Gasteiger partial charge in [-0.05, 0) is 36.8 Å². The second kappa shape index (κ2) is 6.44. The molecular weight excluding hydrogens is 292 g/mol. The molecule has 0 aliphatic heterocycles. The van der Waals surface area contributed by atoms with Gasteiger partial charge in [0.1, 0.15) is 0 Å². The van der Waals surface area contributed by atoms with Gasteiger partial charge in [0.15, 0.2) is 0 Å². The van der Waals surface area contributed by atoms with Crippen molar-refractivity contribution >= 4 is 23.0 Å². The topological polar surface area (TPSA) is 41.5 Å². The van der Waals surface area contributed by atoms with Crippen molar-refractivity contribution in [2.24, 2.45) is 5.10 Å². The van der Waals surface area contributed by atoms with Crippen molar-refractivity contribution < 1.29 is 4.79 Å². The molecule has 1 aliphatic carbocycles. The molecule has 1 aromatic carbocycles. The maximum absolute atomic E-state index is 12.2. The van der Waals surface area contributed by atoms with Crippen molar-refractivity contribution in [1.82, 2.24) is 5.43 Å². The Morgan fingerprint density at radius 1 is 1.27 bits per heavy atom. The zero-order valence-corrected chi connectivity index (χ0v) is 13.7. The molecular formula is C18H20N2OS. The molecule has 4 heteroatoms. The lowest BCUT2D eigenvalue weighted by Gasteiger charge is -2.17. The van der Waals surface area contributed by atoms with Crippen molar-refractivity contribution in [3.63, 3.8) is 0 Å². The minimum Gasteiger partial charge on any atom is -0.267 e. The molecule has 0 saturated heterocycles. The summed E-state index contributed by atoms with van der Waals surface area (Å²) >= 11 is 1.63. The van der Waals surface area contributed by atoms with Crippen LogP contribution in [0.15, 0.2) is 40.8 Å². The third kappa shape index (κ3) is 3.12. The molecule has 114 valence electrons. The fourth-order valence-corrected chi connectivity index (χ4v) is 3.58.